The first kappa shape index (κ1) is 21.3. The quantitative estimate of drug-likeness (QED) is 0.684. The van der Waals surface area contributed by atoms with Crippen molar-refractivity contribution in [3.8, 4) is 11.5 Å². The van der Waals surface area contributed by atoms with Gasteiger partial charge < -0.3 is 19.7 Å². The van der Waals surface area contributed by atoms with Gasteiger partial charge >= 0.3 is 0 Å². The smallest absolute Gasteiger partial charge is 0.222 e. The number of nitrogens with one attached hydrogen (secondary N) is 1. The molecule has 150 valence electrons. The van der Waals surface area contributed by atoms with Crippen LogP contribution in [0.15, 0.2) is 48.5 Å². The van der Waals surface area contributed by atoms with Crippen LogP contribution in [-0.2, 0) is 22.6 Å². The Labute approximate surface area is 166 Å². The standard InChI is InChI=1S/C22H28N2O4/c1-17(25)24(13-11-18-7-6-9-20(15-18)27-2)14-12-22(26)23-16-19-8-4-5-10-21(19)28-3/h4-10,15H,11-14,16H2,1-3H3,(H,23,26). The van der Waals surface area contributed by atoms with Gasteiger partial charge in [-0.15, -0.1) is 0 Å². The summed E-state index contributed by atoms with van der Waals surface area (Å²) in [4.78, 5) is 25.8. The van der Waals surface area contributed by atoms with E-state index in [0.29, 0.717) is 26.1 Å². The first-order valence-corrected chi connectivity index (χ1v) is 9.30. The molecule has 6 heteroatoms. The fraction of sp³-hybridized carbons (Fsp3) is 0.364. The van der Waals surface area contributed by atoms with Gasteiger partial charge in [-0.05, 0) is 30.2 Å². The van der Waals surface area contributed by atoms with Crippen LogP contribution in [0, 0.1) is 0 Å². The molecule has 0 aliphatic heterocycles. The first-order chi connectivity index (χ1) is 13.5. The van der Waals surface area contributed by atoms with E-state index in [1.807, 2.05) is 48.5 Å². The molecule has 0 atom stereocenters. The lowest BCUT2D eigenvalue weighted by Gasteiger charge is -2.21. The summed E-state index contributed by atoms with van der Waals surface area (Å²) in [6, 6.07) is 15.3. The van der Waals surface area contributed by atoms with Gasteiger partial charge in [-0.3, -0.25) is 9.59 Å². The van der Waals surface area contributed by atoms with Crippen LogP contribution in [0.5, 0.6) is 11.5 Å². The topological polar surface area (TPSA) is 67.9 Å². The van der Waals surface area contributed by atoms with Gasteiger partial charge in [-0.2, -0.15) is 0 Å². The SMILES string of the molecule is COc1cccc(CCN(CCC(=O)NCc2ccccc2OC)C(C)=O)c1. The van der Waals surface area contributed by atoms with Gasteiger partial charge in [0, 0.05) is 38.5 Å². The highest BCUT2D eigenvalue weighted by molar-refractivity contribution is 5.78. The maximum Gasteiger partial charge on any atom is 0.222 e. The third-order valence-corrected chi connectivity index (χ3v) is 4.53. The van der Waals surface area contributed by atoms with E-state index in [1.54, 1.807) is 19.1 Å². The Hall–Kier alpha value is -3.02. The van der Waals surface area contributed by atoms with Crippen molar-refractivity contribution >= 4 is 11.8 Å². The lowest BCUT2D eigenvalue weighted by molar-refractivity contribution is -0.129. The Morgan fingerprint density at radius 3 is 2.50 bits per heavy atom. The van der Waals surface area contributed by atoms with Crippen LogP contribution in [-0.4, -0.2) is 44.0 Å². The van der Waals surface area contributed by atoms with Crippen LogP contribution in [0.4, 0.5) is 0 Å². The zero-order valence-corrected chi connectivity index (χ0v) is 16.7. The minimum atomic E-state index is -0.0986. The van der Waals surface area contributed by atoms with E-state index >= 15 is 0 Å². The van der Waals surface area contributed by atoms with Crippen LogP contribution in [0.1, 0.15) is 24.5 Å². The Morgan fingerprint density at radius 2 is 1.79 bits per heavy atom. The molecule has 0 aliphatic rings. The third kappa shape index (κ3) is 6.61. The molecule has 0 aromatic heterocycles. The van der Waals surface area contributed by atoms with Crippen molar-refractivity contribution in [2.24, 2.45) is 0 Å². The van der Waals surface area contributed by atoms with Gasteiger partial charge in [0.2, 0.25) is 11.8 Å². The maximum atomic E-state index is 12.2. The van der Waals surface area contributed by atoms with Gasteiger partial charge in [-0.1, -0.05) is 30.3 Å². The molecule has 0 unspecified atom stereocenters. The number of benzene rings is 2. The largest absolute Gasteiger partial charge is 0.497 e. The van der Waals surface area contributed by atoms with E-state index in [4.69, 9.17) is 9.47 Å². The molecular formula is C22H28N2O4. The van der Waals surface area contributed by atoms with Crippen LogP contribution in [0.2, 0.25) is 0 Å². The zero-order chi connectivity index (χ0) is 20.4. The highest BCUT2D eigenvalue weighted by atomic mass is 16.5. The number of rotatable bonds is 10. The number of methoxy groups -OCH3 is 2. The van der Waals surface area contributed by atoms with Gasteiger partial charge in [0.15, 0.2) is 0 Å². The van der Waals surface area contributed by atoms with E-state index in [1.165, 1.54) is 6.92 Å². The second-order valence-corrected chi connectivity index (χ2v) is 6.45. The van der Waals surface area contributed by atoms with E-state index in [-0.39, 0.29) is 18.2 Å². The molecule has 0 heterocycles. The number of ether oxygens (including phenoxy) is 2. The fourth-order valence-corrected chi connectivity index (χ4v) is 2.89. The molecule has 2 amide bonds. The average molecular weight is 384 g/mol. The molecule has 0 aliphatic carbocycles. The predicted molar refractivity (Wildman–Crippen MR) is 108 cm³/mol. The van der Waals surface area contributed by atoms with Crippen molar-refractivity contribution in [3.63, 3.8) is 0 Å². The van der Waals surface area contributed by atoms with Crippen molar-refractivity contribution in [1.82, 2.24) is 10.2 Å². The number of para-hydroxylation sites is 1. The summed E-state index contributed by atoms with van der Waals surface area (Å²) >= 11 is 0. The molecule has 0 spiro atoms. The van der Waals surface area contributed by atoms with Crippen molar-refractivity contribution < 1.29 is 19.1 Å². The van der Waals surface area contributed by atoms with Crippen molar-refractivity contribution in [1.29, 1.82) is 0 Å². The fourth-order valence-electron chi connectivity index (χ4n) is 2.89. The van der Waals surface area contributed by atoms with E-state index in [9.17, 15) is 9.59 Å². The van der Waals surface area contributed by atoms with Crippen LogP contribution in [0.3, 0.4) is 0 Å². The van der Waals surface area contributed by atoms with Crippen molar-refractivity contribution in [2.45, 2.75) is 26.3 Å². The van der Waals surface area contributed by atoms with Gasteiger partial charge in [0.25, 0.3) is 0 Å². The molecule has 6 nitrogen and oxygen atoms in total. The first-order valence-electron chi connectivity index (χ1n) is 9.30. The lowest BCUT2D eigenvalue weighted by Crippen LogP contribution is -2.35. The number of hydrogen-bond acceptors (Lipinski definition) is 4. The summed E-state index contributed by atoms with van der Waals surface area (Å²) in [7, 11) is 3.23. The van der Waals surface area contributed by atoms with Crippen molar-refractivity contribution in [2.75, 3.05) is 27.3 Å². The molecule has 0 fully saturated rings. The van der Waals surface area contributed by atoms with Crippen LogP contribution >= 0.6 is 0 Å². The summed E-state index contributed by atoms with van der Waals surface area (Å²) < 4.78 is 10.5. The minimum Gasteiger partial charge on any atom is -0.497 e. The summed E-state index contributed by atoms with van der Waals surface area (Å²) in [6.07, 6.45) is 0.965. The Kier molecular flexibility index (Phi) is 8.34. The summed E-state index contributed by atoms with van der Waals surface area (Å²) in [5.41, 5.74) is 2.01. The molecule has 1 N–H and O–H groups in total. The number of carbonyl (C=O) groups is 2. The Morgan fingerprint density at radius 1 is 1.00 bits per heavy atom. The van der Waals surface area contributed by atoms with Gasteiger partial charge in [-0.25, -0.2) is 0 Å². The Balaban J connectivity index is 1.81. The molecule has 2 aromatic rings. The highest BCUT2D eigenvalue weighted by Crippen LogP contribution is 2.17. The molecule has 2 aromatic carbocycles. The highest BCUT2D eigenvalue weighted by Gasteiger charge is 2.12. The third-order valence-electron chi connectivity index (χ3n) is 4.53. The molecule has 2 rings (SSSR count). The molecule has 28 heavy (non-hydrogen) atoms. The molecule has 0 saturated heterocycles. The van der Waals surface area contributed by atoms with E-state index in [2.05, 4.69) is 5.32 Å². The molecule has 0 saturated carbocycles. The van der Waals surface area contributed by atoms with E-state index < -0.39 is 0 Å². The predicted octanol–water partition coefficient (Wildman–Crippen LogP) is 2.80. The molecule has 0 bridgehead atoms. The second kappa shape index (κ2) is 11.0. The monoisotopic (exact) mass is 384 g/mol. The average Bonchev–Trinajstić information content (AvgIpc) is 2.72. The van der Waals surface area contributed by atoms with Crippen molar-refractivity contribution in [3.05, 3.63) is 59.7 Å². The molecular weight excluding hydrogens is 356 g/mol. The summed E-state index contributed by atoms with van der Waals surface area (Å²) in [6.45, 7) is 2.87. The number of hydrogen-bond donors (Lipinski definition) is 1. The minimum absolute atomic E-state index is 0.0413. The second-order valence-electron chi connectivity index (χ2n) is 6.45. The van der Waals surface area contributed by atoms with Crippen LogP contribution < -0.4 is 14.8 Å². The number of amides is 2. The lowest BCUT2D eigenvalue weighted by atomic mass is 10.1. The normalized spacial score (nSPS) is 10.2. The van der Waals surface area contributed by atoms with Gasteiger partial charge in [0.1, 0.15) is 11.5 Å². The summed E-state index contributed by atoms with van der Waals surface area (Å²) in [5.74, 6) is 1.40. The Bertz CT molecular complexity index is 792. The number of nitrogens with zero attached hydrogens (tertiary/aromatic N) is 1. The summed E-state index contributed by atoms with van der Waals surface area (Å²) in [5, 5.41) is 2.88. The molecule has 0 radical (unpaired) electrons. The van der Waals surface area contributed by atoms with Gasteiger partial charge in [0.05, 0.1) is 14.2 Å². The number of carbonyl (C=O) groups excluding carboxylic acids is 2. The van der Waals surface area contributed by atoms with E-state index in [0.717, 1.165) is 22.6 Å². The van der Waals surface area contributed by atoms with Crippen LogP contribution in [0.25, 0.3) is 0 Å². The maximum absolute atomic E-state index is 12.2. The zero-order valence-electron chi connectivity index (χ0n) is 16.7.